The van der Waals surface area contributed by atoms with Crippen molar-refractivity contribution in [2.45, 2.75) is 26.2 Å². The molecule has 0 aliphatic carbocycles. The first-order valence-corrected chi connectivity index (χ1v) is 7.54. The van der Waals surface area contributed by atoms with Gasteiger partial charge in [-0.2, -0.15) is 5.10 Å². The molecular formula is C15H18BrN5. The van der Waals surface area contributed by atoms with E-state index in [2.05, 4.69) is 46.8 Å². The Morgan fingerprint density at radius 2 is 1.90 bits per heavy atom. The number of pyridine rings is 1. The topological polar surface area (TPSA) is 61.1 Å². The van der Waals surface area contributed by atoms with Crippen LogP contribution in [0.25, 0.3) is 16.9 Å². The Kier molecular flexibility index (Phi) is 3.09. The van der Waals surface area contributed by atoms with E-state index in [1.165, 1.54) is 0 Å². The van der Waals surface area contributed by atoms with Crippen molar-refractivity contribution in [1.82, 2.24) is 19.2 Å². The Morgan fingerprint density at radius 1 is 1.19 bits per heavy atom. The predicted octanol–water partition coefficient (Wildman–Crippen LogP) is 3.38. The normalized spacial score (nSPS) is 12.2. The van der Waals surface area contributed by atoms with Crippen molar-refractivity contribution < 1.29 is 0 Å². The van der Waals surface area contributed by atoms with Gasteiger partial charge in [-0.05, 0) is 28.1 Å². The average Bonchev–Trinajstić information content (AvgIpc) is 2.91. The Labute approximate surface area is 131 Å². The summed E-state index contributed by atoms with van der Waals surface area (Å²) < 4.78 is 4.67. The van der Waals surface area contributed by atoms with Gasteiger partial charge < -0.3 is 5.73 Å². The molecule has 3 heterocycles. The fourth-order valence-corrected chi connectivity index (χ4v) is 2.79. The molecule has 3 aromatic rings. The number of nitrogen functional groups attached to an aromatic ring is 1. The highest BCUT2D eigenvalue weighted by atomic mass is 79.9. The zero-order chi connectivity index (χ0) is 15.4. The number of fused-ring (bicyclic) bond motifs is 1. The van der Waals surface area contributed by atoms with Crippen LogP contribution in [-0.4, -0.2) is 19.2 Å². The van der Waals surface area contributed by atoms with Crippen LogP contribution in [0, 0.1) is 0 Å². The molecule has 21 heavy (non-hydrogen) atoms. The summed E-state index contributed by atoms with van der Waals surface area (Å²) in [7, 11) is 1.92. The van der Waals surface area contributed by atoms with E-state index in [4.69, 9.17) is 5.73 Å². The van der Waals surface area contributed by atoms with Gasteiger partial charge >= 0.3 is 0 Å². The maximum atomic E-state index is 6.30. The third-order valence-electron chi connectivity index (χ3n) is 3.41. The zero-order valence-corrected chi connectivity index (χ0v) is 14.1. The van der Waals surface area contributed by atoms with Gasteiger partial charge in [0.1, 0.15) is 17.2 Å². The van der Waals surface area contributed by atoms with Crippen LogP contribution in [0.5, 0.6) is 0 Å². The van der Waals surface area contributed by atoms with E-state index in [0.29, 0.717) is 5.82 Å². The molecule has 0 aromatic carbocycles. The smallest absolute Gasteiger partial charge is 0.139 e. The van der Waals surface area contributed by atoms with Crippen molar-refractivity contribution >= 4 is 27.4 Å². The standard InChI is InChI=1S/C15H18BrN5/c1-15(2,3)13-10(8-20(4)19-13)12-14(17)21-7-9(16)5-6-11(21)18-12/h5-8H,17H2,1-4H3. The summed E-state index contributed by atoms with van der Waals surface area (Å²) in [4.78, 5) is 4.67. The predicted molar refractivity (Wildman–Crippen MR) is 88.2 cm³/mol. The molecule has 0 radical (unpaired) electrons. The molecule has 110 valence electrons. The molecular weight excluding hydrogens is 330 g/mol. The highest BCUT2D eigenvalue weighted by Crippen LogP contribution is 2.34. The fraction of sp³-hybridized carbons (Fsp3) is 0.333. The number of halogens is 1. The first-order chi connectivity index (χ1) is 9.77. The number of anilines is 1. The number of nitrogens with two attached hydrogens (primary N) is 1. The van der Waals surface area contributed by atoms with Gasteiger partial charge in [0.05, 0.1) is 5.69 Å². The molecule has 0 unspecified atom stereocenters. The lowest BCUT2D eigenvalue weighted by Crippen LogP contribution is -2.14. The highest BCUT2D eigenvalue weighted by Gasteiger charge is 2.25. The quantitative estimate of drug-likeness (QED) is 0.733. The van der Waals surface area contributed by atoms with E-state index in [9.17, 15) is 0 Å². The van der Waals surface area contributed by atoms with Crippen LogP contribution in [0.3, 0.4) is 0 Å². The van der Waals surface area contributed by atoms with E-state index in [0.717, 1.165) is 27.1 Å². The summed E-state index contributed by atoms with van der Waals surface area (Å²) >= 11 is 3.46. The third kappa shape index (κ3) is 2.33. The molecule has 3 aromatic heterocycles. The lowest BCUT2D eigenvalue weighted by molar-refractivity contribution is 0.554. The number of aromatic nitrogens is 4. The summed E-state index contributed by atoms with van der Waals surface area (Å²) in [5.41, 5.74) is 9.83. The van der Waals surface area contributed by atoms with Crippen LogP contribution >= 0.6 is 15.9 Å². The van der Waals surface area contributed by atoms with E-state index < -0.39 is 0 Å². The molecule has 6 heteroatoms. The molecule has 0 spiro atoms. The fourth-order valence-electron chi connectivity index (χ4n) is 2.45. The molecule has 5 nitrogen and oxygen atoms in total. The molecule has 0 saturated carbocycles. The zero-order valence-electron chi connectivity index (χ0n) is 12.6. The summed E-state index contributed by atoms with van der Waals surface area (Å²) in [6.07, 6.45) is 3.90. The Bertz CT molecular complexity index is 823. The second-order valence-electron chi connectivity index (χ2n) is 6.24. The van der Waals surface area contributed by atoms with Gasteiger partial charge in [-0.15, -0.1) is 0 Å². The number of hydrogen-bond acceptors (Lipinski definition) is 3. The largest absolute Gasteiger partial charge is 0.383 e. The lowest BCUT2D eigenvalue weighted by atomic mass is 9.89. The first kappa shape index (κ1) is 14.1. The van der Waals surface area contributed by atoms with Crippen LogP contribution < -0.4 is 5.73 Å². The Balaban J connectivity index is 2.29. The van der Waals surface area contributed by atoms with Crippen LogP contribution in [0.2, 0.25) is 0 Å². The average molecular weight is 348 g/mol. The highest BCUT2D eigenvalue weighted by molar-refractivity contribution is 9.10. The molecule has 2 N–H and O–H groups in total. The molecule has 0 amide bonds. The van der Waals surface area contributed by atoms with Gasteiger partial charge in [0.15, 0.2) is 0 Å². The minimum Gasteiger partial charge on any atom is -0.383 e. The number of aryl methyl sites for hydroxylation is 1. The second-order valence-corrected chi connectivity index (χ2v) is 7.15. The van der Waals surface area contributed by atoms with Crippen molar-refractivity contribution in [3.8, 4) is 11.3 Å². The lowest BCUT2D eigenvalue weighted by Gasteiger charge is -2.16. The summed E-state index contributed by atoms with van der Waals surface area (Å²) in [5, 5.41) is 4.59. The van der Waals surface area contributed by atoms with Gasteiger partial charge in [0.25, 0.3) is 0 Å². The molecule has 0 saturated heterocycles. The maximum absolute atomic E-state index is 6.30. The molecule has 0 aliphatic rings. The molecule has 0 aliphatic heterocycles. The van der Waals surface area contributed by atoms with Crippen LogP contribution in [-0.2, 0) is 12.5 Å². The number of hydrogen-bond donors (Lipinski definition) is 1. The van der Waals surface area contributed by atoms with Gasteiger partial charge in [-0.25, -0.2) is 4.98 Å². The minimum absolute atomic E-state index is 0.0700. The Hall–Kier alpha value is -1.82. The van der Waals surface area contributed by atoms with Crippen molar-refractivity contribution in [1.29, 1.82) is 0 Å². The monoisotopic (exact) mass is 347 g/mol. The molecule has 3 rings (SSSR count). The third-order valence-corrected chi connectivity index (χ3v) is 3.88. The van der Waals surface area contributed by atoms with Gasteiger partial charge in [-0.1, -0.05) is 20.8 Å². The van der Waals surface area contributed by atoms with E-state index >= 15 is 0 Å². The van der Waals surface area contributed by atoms with Crippen molar-refractivity contribution in [2.75, 3.05) is 5.73 Å². The van der Waals surface area contributed by atoms with Gasteiger partial charge in [0.2, 0.25) is 0 Å². The molecule has 0 bridgehead atoms. The molecule has 0 atom stereocenters. The van der Waals surface area contributed by atoms with E-state index in [1.54, 1.807) is 0 Å². The summed E-state index contributed by atoms with van der Waals surface area (Å²) in [6, 6.07) is 3.90. The number of nitrogens with zero attached hydrogens (tertiary/aromatic N) is 4. The van der Waals surface area contributed by atoms with Crippen LogP contribution in [0.15, 0.2) is 29.0 Å². The number of imidazole rings is 1. The van der Waals surface area contributed by atoms with E-state index in [1.807, 2.05) is 40.7 Å². The minimum atomic E-state index is -0.0700. The SMILES string of the molecule is Cn1cc(-c2nc3ccc(Br)cn3c2N)c(C(C)(C)C)n1. The van der Waals surface area contributed by atoms with Crippen molar-refractivity contribution in [3.63, 3.8) is 0 Å². The van der Waals surface area contributed by atoms with E-state index in [-0.39, 0.29) is 5.41 Å². The van der Waals surface area contributed by atoms with Crippen LogP contribution in [0.4, 0.5) is 5.82 Å². The van der Waals surface area contributed by atoms with Crippen LogP contribution in [0.1, 0.15) is 26.5 Å². The first-order valence-electron chi connectivity index (χ1n) is 6.75. The van der Waals surface area contributed by atoms with Crippen molar-refractivity contribution in [3.05, 3.63) is 34.7 Å². The molecule has 0 fully saturated rings. The summed E-state index contributed by atoms with van der Waals surface area (Å²) in [5.74, 6) is 0.629. The maximum Gasteiger partial charge on any atom is 0.139 e. The summed E-state index contributed by atoms with van der Waals surface area (Å²) in [6.45, 7) is 6.42. The van der Waals surface area contributed by atoms with Gasteiger partial charge in [0, 0.05) is 34.9 Å². The second kappa shape index (κ2) is 4.59. The Morgan fingerprint density at radius 3 is 2.57 bits per heavy atom. The van der Waals surface area contributed by atoms with Gasteiger partial charge in [-0.3, -0.25) is 9.08 Å². The number of rotatable bonds is 1. The van der Waals surface area contributed by atoms with Crippen molar-refractivity contribution in [2.24, 2.45) is 7.05 Å².